The van der Waals surface area contributed by atoms with Crippen LogP contribution >= 0.6 is 0 Å². The number of hydrogen-bond acceptors (Lipinski definition) is 8. The van der Waals surface area contributed by atoms with E-state index in [0.717, 1.165) is 50.5 Å². The quantitative estimate of drug-likeness (QED) is 0.648. The monoisotopic (exact) mass is 370 g/mol. The number of aliphatic hydroxyl groups is 1. The fraction of sp³-hybridized carbons (Fsp3) is 0.632. The maximum Gasteiger partial charge on any atom is 0.189 e. The summed E-state index contributed by atoms with van der Waals surface area (Å²) in [7, 11) is 0. The molecule has 0 aromatic carbocycles. The molecular formula is C19H26N6O2. The number of aliphatic imine (C=N–C) groups is 1. The minimum atomic E-state index is -0.784. The van der Waals surface area contributed by atoms with E-state index in [1.807, 2.05) is 29.2 Å². The number of nitriles is 2. The van der Waals surface area contributed by atoms with E-state index < -0.39 is 5.92 Å². The summed E-state index contributed by atoms with van der Waals surface area (Å²) in [6, 6.07) is 7.95. The number of nitrogens with zero attached hydrogens (tertiary/aromatic N) is 5. The molecule has 8 heteroatoms. The van der Waals surface area contributed by atoms with Gasteiger partial charge in [-0.15, -0.1) is 0 Å². The molecule has 0 saturated carbocycles. The minimum absolute atomic E-state index is 0.226. The van der Waals surface area contributed by atoms with Crippen LogP contribution in [0.3, 0.4) is 0 Å². The van der Waals surface area contributed by atoms with Gasteiger partial charge in [-0.05, 0) is 31.5 Å². The van der Waals surface area contributed by atoms with Crippen LogP contribution in [0.25, 0.3) is 0 Å². The van der Waals surface area contributed by atoms with Crippen molar-refractivity contribution in [2.45, 2.75) is 32.0 Å². The van der Waals surface area contributed by atoms with Crippen molar-refractivity contribution in [2.24, 2.45) is 10.9 Å². The molecule has 3 heterocycles. The van der Waals surface area contributed by atoms with E-state index in [-0.39, 0.29) is 6.10 Å². The highest BCUT2D eigenvalue weighted by molar-refractivity contribution is 5.90. The number of hydrogen-bond donors (Lipinski definition) is 2. The molecule has 2 aliphatic rings. The first-order valence-corrected chi connectivity index (χ1v) is 9.47. The highest BCUT2D eigenvalue weighted by Gasteiger charge is 2.24. The van der Waals surface area contributed by atoms with E-state index in [1.54, 1.807) is 0 Å². The van der Waals surface area contributed by atoms with E-state index in [9.17, 15) is 5.11 Å². The molecule has 0 bridgehead atoms. The SMILES string of the molecule is N#CC(C#N)C1=NCCN1CCNCc1ccc(CN2CCCC(O)C2)o1. The number of piperidine rings is 1. The number of nitrogens with one attached hydrogen (secondary N) is 1. The highest BCUT2D eigenvalue weighted by atomic mass is 16.3. The lowest BCUT2D eigenvalue weighted by Crippen LogP contribution is -2.37. The smallest absolute Gasteiger partial charge is 0.189 e. The number of amidine groups is 1. The van der Waals surface area contributed by atoms with Crippen LogP contribution in [0.15, 0.2) is 21.5 Å². The van der Waals surface area contributed by atoms with Gasteiger partial charge in [-0.25, -0.2) is 0 Å². The van der Waals surface area contributed by atoms with E-state index >= 15 is 0 Å². The van der Waals surface area contributed by atoms with Crippen LogP contribution < -0.4 is 5.32 Å². The lowest BCUT2D eigenvalue weighted by atomic mass is 10.1. The highest BCUT2D eigenvalue weighted by Crippen LogP contribution is 2.16. The summed E-state index contributed by atoms with van der Waals surface area (Å²) < 4.78 is 5.88. The average Bonchev–Trinajstić information content (AvgIpc) is 3.30. The fourth-order valence-electron chi connectivity index (χ4n) is 3.57. The Labute approximate surface area is 159 Å². The molecule has 1 unspecified atom stereocenters. The summed E-state index contributed by atoms with van der Waals surface area (Å²) in [4.78, 5) is 8.51. The number of β-amino-alcohol motifs (C(OH)–C–C–N with tert-alkyl or cyclic N) is 1. The summed E-state index contributed by atoms with van der Waals surface area (Å²) >= 11 is 0. The first-order chi connectivity index (χ1) is 13.2. The van der Waals surface area contributed by atoms with Crippen molar-refractivity contribution in [2.75, 3.05) is 39.3 Å². The van der Waals surface area contributed by atoms with Gasteiger partial charge >= 0.3 is 0 Å². The summed E-state index contributed by atoms with van der Waals surface area (Å²) in [6.07, 6.45) is 1.68. The first kappa shape index (κ1) is 19.4. The Kier molecular flexibility index (Phi) is 6.83. The Morgan fingerprint density at radius 2 is 2.11 bits per heavy atom. The molecule has 1 aromatic heterocycles. The third kappa shape index (κ3) is 5.30. The Morgan fingerprint density at radius 3 is 2.89 bits per heavy atom. The molecule has 1 atom stereocenters. The van der Waals surface area contributed by atoms with Gasteiger partial charge in [-0.2, -0.15) is 10.5 Å². The molecular weight excluding hydrogens is 344 g/mol. The van der Waals surface area contributed by atoms with E-state index in [1.165, 1.54) is 0 Å². The normalized spacial score (nSPS) is 20.5. The van der Waals surface area contributed by atoms with Gasteiger partial charge in [0.1, 0.15) is 17.4 Å². The minimum Gasteiger partial charge on any atom is -0.463 e. The van der Waals surface area contributed by atoms with Crippen molar-refractivity contribution in [3.8, 4) is 12.1 Å². The summed E-state index contributed by atoms with van der Waals surface area (Å²) in [5.41, 5.74) is 0. The van der Waals surface area contributed by atoms with Crippen molar-refractivity contribution < 1.29 is 9.52 Å². The Balaban J connectivity index is 1.39. The lowest BCUT2D eigenvalue weighted by molar-refractivity contribution is 0.0631. The second kappa shape index (κ2) is 9.52. The van der Waals surface area contributed by atoms with Crippen molar-refractivity contribution in [1.29, 1.82) is 10.5 Å². The molecule has 1 fully saturated rings. The van der Waals surface area contributed by atoms with Gasteiger partial charge in [0.25, 0.3) is 0 Å². The van der Waals surface area contributed by atoms with Gasteiger partial charge in [-0.3, -0.25) is 9.89 Å². The van der Waals surface area contributed by atoms with Crippen LogP contribution in [0.5, 0.6) is 0 Å². The molecule has 1 saturated heterocycles. The number of rotatable bonds is 8. The van der Waals surface area contributed by atoms with Crippen molar-refractivity contribution in [1.82, 2.24) is 15.1 Å². The molecule has 2 aliphatic heterocycles. The largest absolute Gasteiger partial charge is 0.463 e. The topological polar surface area (TPSA) is 112 Å². The van der Waals surface area contributed by atoms with Crippen molar-refractivity contribution in [3.05, 3.63) is 23.7 Å². The Morgan fingerprint density at radius 1 is 1.30 bits per heavy atom. The molecule has 0 aliphatic carbocycles. The zero-order chi connectivity index (χ0) is 19.1. The van der Waals surface area contributed by atoms with Crippen molar-refractivity contribution >= 4 is 5.84 Å². The maximum absolute atomic E-state index is 9.75. The molecule has 144 valence electrons. The van der Waals surface area contributed by atoms with Gasteiger partial charge in [-0.1, -0.05) is 0 Å². The van der Waals surface area contributed by atoms with Crippen LogP contribution in [0.4, 0.5) is 0 Å². The zero-order valence-corrected chi connectivity index (χ0v) is 15.5. The van der Waals surface area contributed by atoms with Gasteiger partial charge in [0.2, 0.25) is 0 Å². The predicted octanol–water partition coefficient (Wildman–Crippen LogP) is 0.703. The predicted molar refractivity (Wildman–Crippen MR) is 99.5 cm³/mol. The van der Waals surface area contributed by atoms with Crippen LogP contribution in [0.2, 0.25) is 0 Å². The first-order valence-electron chi connectivity index (χ1n) is 9.47. The van der Waals surface area contributed by atoms with Gasteiger partial charge in [0.15, 0.2) is 5.92 Å². The van der Waals surface area contributed by atoms with E-state index in [0.29, 0.717) is 32.0 Å². The standard InChI is InChI=1S/C19H26N6O2/c20-10-15(11-21)19-23-6-9-25(19)8-5-22-12-17-3-4-18(27-17)14-24-7-1-2-16(26)13-24/h3-4,15-16,22,26H,1-2,5-9,12-14H2. The third-order valence-corrected chi connectivity index (χ3v) is 4.92. The zero-order valence-electron chi connectivity index (χ0n) is 15.5. The molecule has 2 N–H and O–H groups in total. The molecule has 0 amide bonds. The molecule has 27 heavy (non-hydrogen) atoms. The van der Waals surface area contributed by atoms with Gasteiger partial charge in [0, 0.05) is 26.2 Å². The van der Waals surface area contributed by atoms with E-state index in [4.69, 9.17) is 14.9 Å². The molecule has 8 nitrogen and oxygen atoms in total. The molecule has 3 rings (SSSR count). The Hall–Kier alpha value is -2.39. The molecule has 0 spiro atoms. The number of likely N-dealkylation sites (tertiary alicyclic amines) is 1. The van der Waals surface area contributed by atoms with Crippen LogP contribution in [0, 0.1) is 28.6 Å². The maximum atomic E-state index is 9.75. The van der Waals surface area contributed by atoms with Crippen LogP contribution in [0.1, 0.15) is 24.4 Å². The summed E-state index contributed by atoms with van der Waals surface area (Å²) in [6.45, 7) is 5.88. The second-order valence-corrected chi connectivity index (χ2v) is 6.99. The second-order valence-electron chi connectivity index (χ2n) is 6.99. The van der Waals surface area contributed by atoms with Crippen LogP contribution in [-0.2, 0) is 13.1 Å². The Bertz CT molecular complexity index is 717. The fourth-order valence-corrected chi connectivity index (χ4v) is 3.57. The summed E-state index contributed by atoms with van der Waals surface area (Å²) in [5.74, 6) is 1.60. The van der Waals surface area contributed by atoms with E-state index in [2.05, 4.69) is 15.2 Å². The van der Waals surface area contributed by atoms with Crippen LogP contribution in [-0.4, -0.2) is 66.1 Å². The lowest BCUT2D eigenvalue weighted by Gasteiger charge is -2.29. The average molecular weight is 370 g/mol. The van der Waals surface area contributed by atoms with Crippen molar-refractivity contribution in [3.63, 3.8) is 0 Å². The molecule has 1 aromatic rings. The third-order valence-electron chi connectivity index (χ3n) is 4.92. The number of furan rings is 1. The van der Waals surface area contributed by atoms with Gasteiger partial charge < -0.3 is 19.7 Å². The number of aliphatic hydroxyl groups excluding tert-OH is 1. The summed E-state index contributed by atoms with van der Waals surface area (Å²) in [5, 5.41) is 31.2. The molecule has 0 radical (unpaired) electrons. The van der Waals surface area contributed by atoms with Gasteiger partial charge in [0.05, 0.1) is 37.9 Å².